The summed E-state index contributed by atoms with van der Waals surface area (Å²) in [6.45, 7) is 1.74. The Balaban J connectivity index is 2.25. The van der Waals surface area contributed by atoms with Gasteiger partial charge in [0.1, 0.15) is 5.03 Å². The van der Waals surface area contributed by atoms with Crippen molar-refractivity contribution in [2.45, 2.75) is 22.9 Å². The van der Waals surface area contributed by atoms with Crippen LogP contribution in [0.2, 0.25) is 5.02 Å². The normalized spacial score (nSPS) is 12.4. The fourth-order valence-corrected chi connectivity index (χ4v) is 2.48. The predicted molar refractivity (Wildman–Crippen MR) is 70.4 cm³/mol. The van der Waals surface area contributed by atoms with E-state index in [1.807, 2.05) is 30.3 Å². The summed E-state index contributed by atoms with van der Waals surface area (Å²) < 4.78 is 0. The Kier molecular flexibility index (Phi) is 4.05. The first kappa shape index (κ1) is 12.4. The minimum atomic E-state index is -0.483. The van der Waals surface area contributed by atoms with Crippen molar-refractivity contribution >= 4 is 23.4 Å². The van der Waals surface area contributed by atoms with Gasteiger partial charge >= 0.3 is 0 Å². The second kappa shape index (κ2) is 5.54. The molecule has 2 nitrogen and oxygen atoms in total. The van der Waals surface area contributed by atoms with Crippen molar-refractivity contribution in [1.82, 2.24) is 4.98 Å². The Hall–Kier alpha value is -1.03. The number of hydrogen-bond acceptors (Lipinski definition) is 3. The van der Waals surface area contributed by atoms with Crippen molar-refractivity contribution in [3.8, 4) is 0 Å². The molecule has 0 saturated heterocycles. The quantitative estimate of drug-likeness (QED) is 0.913. The standard InChI is InChI=1S/C13H12ClNOS/c1-9(16)10-6-7-15-13(8-10)17-12-5-3-2-4-11(12)14/h2-9,16H,1H3. The number of hydrogen-bond donors (Lipinski definition) is 1. The van der Waals surface area contributed by atoms with Crippen LogP contribution in [0.3, 0.4) is 0 Å². The van der Waals surface area contributed by atoms with Crippen LogP contribution in [0.1, 0.15) is 18.6 Å². The molecule has 0 radical (unpaired) electrons. The molecule has 2 aromatic rings. The van der Waals surface area contributed by atoms with Crippen molar-refractivity contribution in [2.75, 3.05) is 0 Å². The van der Waals surface area contributed by atoms with E-state index in [-0.39, 0.29) is 0 Å². The van der Waals surface area contributed by atoms with Crippen LogP contribution < -0.4 is 0 Å². The average molecular weight is 266 g/mol. The van der Waals surface area contributed by atoms with E-state index in [0.29, 0.717) is 5.02 Å². The van der Waals surface area contributed by atoms with Crippen molar-refractivity contribution in [2.24, 2.45) is 0 Å². The van der Waals surface area contributed by atoms with Gasteiger partial charge in [0, 0.05) is 11.1 Å². The largest absolute Gasteiger partial charge is 0.389 e. The monoisotopic (exact) mass is 265 g/mol. The Morgan fingerprint density at radius 1 is 1.29 bits per heavy atom. The van der Waals surface area contributed by atoms with Crippen LogP contribution in [-0.4, -0.2) is 10.1 Å². The summed E-state index contributed by atoms with van der Waals surface area (Å²) in [5.74, 6) is 0. The molecule has 0 saturated carbocycles. The van der Waals surface area contributed by atoms with Gasteiger partial charge in [-0.05, 0) is 36.8 Å². The first-order valence-corrected chi connectivity index (χ1v) is 6.42. The van der Waals surface area contributed by atoms with Gasteiger partial charge in [-0.2, -0.15) is 0 Å². The zero-order chi connectivity index (χ0) is 12.3. The van der Waals surface area contributed by atoms with E-state index < -0.39 is 6.10 Å². The molecular weight excluding hydrogens is 254 g/mol. The van der Waals surface area contributed by atoms with Gasteiger partial charge in [-0.3, -0.25) is 0 Å². The number of aliphatic hydroxyl groups excluding tert-OH is 1. The fourth-order valence-electron chi connectivity index (χ4n) is 1.38. The van der Waals surface area contributed by atoms with Gasteiger partial charge in [-0.15, -0.1) is 0 Å². The van der Waals surface area contributed by atoms with Gasteiger partial charge in [0.15, 0.2) is 0 Å². The van der Waals surface area contributed by atoms with Crippen LogP contribution >= 0.6 is 23.4 Å². The summed E-state index contributed by atoms with van der Waals surface area (Å²) in [7, 11) is 0. The van der Waals surface area contributed by atoms with Crippen molar-refractivity contribution in [3.05, 3.63) is 53.2 Å². The third kappa shape index (κ3) is 3.22. The topological polar surface area (TPSA) is 33.1 Å². The molecule has 1 heterocycles. The van der Waals surface area contributed by atoms with Gasteiger partial charge in [-0.25, -0.2) is 4.98 Å². The van der Waals surface area contributed by atoms with Gasteiger partial charge in [0.2, 0.25) is 0 Å². The van der Waals surface area contributed by atoms with E-state index in [1.54, 1.807) is 19.2 Å². The molecule has 0 amide bonds. The number of pyridine rings is 1. The van der Waals surface area contributed by atoms with Crippen LogP contribution in [0, 0.1) is 0 Å². The second-order valence-electron chi connectivity index (χ2n) is 3.64. The zero-order valence-corrected chi connectivity index (χ0v) is 10.9. The first-order valence-electron chi connectivity index (χ1n) is 5.23. The lowest BCUT2D eigenvalue weighted by Crippen LogP contribution is -1.92. The van der Waals surface area contributed by atoms with Crippen molar-refractivity contribution < 1.29 is 5.11 Å². The summed E-state index contributed by atoms with van der Waals surface area (Å²) in [6, 6.07) is 11.3. The molecule has 0 aliphatic heterocycles. The van der Waals surface area contributed by atoms with Crippen LogP contribution in [0.25, 0.3) is 0 Å². The Labute approximate surface area is 110 Å². The Morgan fingerprint density at radius 3 is 2.76 bits per heavy atom. The highest BCUT2D eigenvalue weighted by Gasteiger charge is 2.06. The van der Waals surface area contributed by atoms with Crippen LogP contribution in [0.15, 0.2) is 52.5 Å². The Bertz CT molecular complexity index is 516. The van der Waals surface area contributed by atoms with E-state index in [2.05, 4.69) is 4.98 Å². The predicted octanol–water partition coefficient (Wildman–Crippen LogP) is 3.94. The molecule has 1 N–H and O–H groups in total. The Morgan fingerprint density at radius 2 is 2.06 bits per heavy atom. The van der Waals surface area contributed by atoms with Crippen molar-refractivity contribution in [1.29, 1.82) is 0 Å². The molecule has 0 fully saturated rings. The molecule has 4 heteroatoms. The molecule has 88 valence electrons. The molecule has 0 spiro atoms. The molecular formula is C13H12ClNOS. The molecule has 1 aromatic heterocycles. The highest BCUT2D eigenvalue weighted by molar-refractivity contribution is 7.99. The number of aromatic nitrogens is 1. The first-order chi connectivity index (χ1) is 8.16. The van der Waals surface area contributed by atoms with Crippen LogP contribution in [0.4, 0.5) is 0 Å². The smallest absolute Gasteiger partial charge is 0.101 e. The maximum Gasteiger partial charge on any atom is 0.101 e. The second-order valence-corrected chi connectivity index (χ2v) is 5.11. The van der Waals surface area contributed by atoms with E-state index in [0.717, 1.165) is 15.5 Å². The lowest BCUT2D eigenvalue weighted by molar-refractivity contribution is 0.199. The highest BCUT2D eigenvalue weighted by Crippen LogP contribution is 2.32. The van der Waals surface area contributed by atoms with E-state index >= 15 is 0 Å². The third-order valence-electron chi connectivity index (χ3n) is 2.29. The zero-order valence-electron chi connectivity index (χ0n) is 9.30. The van der Waals surface area contributed by atoms with E-state index in [4.69, 9.17) is 11.6 Å². The number of rotatable bonds is 3. The lowest BCUT2D eigenvalue weighted by Gasteiger charge is -2.07. The molecule has 1 aromatic carbocycles. The maximum atomic E-state index is 9.51. The average Bonchev–Trinajstić information content (AvgIpc) is 2.32. The molecule has 1 atom stereocenters. The fraction of sp³-hybridized carbons (Fsp3) is 0.154. The highest BCUT2D eigenvalue weighted by atomic mass is 35.5. The van der Waals surface area contributed by atoms with Gasteiger partial charge in [0.25, 0.3) is 0 Å². The summed E-state index contributed by atoms with van der Waals surface area (Å²) in [6.07, 6.45) is 1.21. The number of aliphatic hydroxyl groups is 1. The number of benzene rings is 1. The summed E-state index contributed by atoms with van der Waals surface area (Å²) in [4.78, 5) is 5.21. The SMILES string of the molecule is CC(O)c1ccnc(Sc2ccccc2Cl)c1. The van der Waals surface area contributed by atoms with E-state index in [9.17, 15) is 5.11 Å². The third-order valence-corrected chi connectivity index (χ3v) is 3.74. The summed E-state index contributed by atoms with van der Waals surface area (Å²) in [5, 5.41) is 11.0. The number of halogens is 1. The van der Waals surface area contributed by atoms with Crippen LogP contribution in [-0.2, 0) is 0 Å². The molecule has 17 heavy (non-hydrogen) atoms. The lowest BCUT2D eigenvalue weighted by atomic mass is 10.2. The minimum Gasteiger partial charge on any atom is -0.389 e. The van der Waals surface area contributed by atoms with Crippen LogP contribution in [0.5, 0.6) is 0 Å². The van der Waals surface area contributed by atoms with Crippen molar-refractivity contribution in [3.63, 3.8) is 0 Å². The molecule has 0 aliphatic rings. The van der Waals surface area contributed by atoms with E-state index in [1.165, 1.54) is 11.8 Å². The minimum absolute atomic E-state index is 0.483. The maximum absolute atomic E-state index is 9.51. The number of nitrogens with zero attached hydrogens (tertiary/aromatic N) is 1. The molecule has 0 aliphatic carbocycles. The van der Waals surface area contributed by atoms with Gasteiger partial charge in [0.05, 0.1) is 11.1 Å². The summed E-state index contributed by atoms with van der Waals surface area (Å²) in [5.41, 5.74) is 0.856. The molecule has 0 bridgehead atoms. The van der Waals surface area contributed by atoms with Gasteiger partial charge in [-0.1, -0.05) is 35.5 Å². The molecule has 2 rings (SSSR count). The summed E-state index contributed by atoms with van der Waals surface area (Å²) >= 11 is 7.57. The van der Waals surface area contributed by atoms with Gasteiger partial charge < -0.3 is 5.11 Å². The molecule has 1 unspecified atom stereocenters.